The van der Waals surface area contributed by atoms with Gasteiger partial charge in [0.1, 0.15) is 11.7 Å². The molecule has 1 rings (SSSR count). The summed E-state index contributed by atoms with van der Waals surface area (Å²) in [6, 6.07) is 1.88. The SMILES string of the molecule is CC(=O)O[C@H]1C[C@@]1(C#N)C(=O)OC(C)(C)C. The molecule has 5 nitrogen and oxygen atoms in total. The van der Waals surface area contributed by atoms with Crippen LogP contribution in [0.2, 0.25) is 0 Å². The summed E-state index contributed by atoms with van der Waals surface area (Å²) in [7, 11) is 0. The predicted octanol–water partition coefficient (Wildman–Crippen LogP) is 1.17. The normalized spacial score (nSPS) is 27.8. The van der Waals surface area contributed by atoms with Gasteiger partial charge in [-0.3, -0.25) is 9.59 Å². The van der Waals surface area contributed by atoms with Gasteiger partial charge >= 0.3 is 11.9 Å². The number of carbonyl (C=O) groups is 2. The summed E-state index contributed by atoms with van der Waals surface area (Å²) in [6.07, 6.45) is -0.442. The Balaban J connectivity index is 2.68. The summed E-state index contributed by atoms with van der Waals surface area (Å²) in [4.78, 5) is 22.5. The van der Waals surface area contributed by atoms with Gasteiger partial charge < -0.3 is 9.47 Å². The Bertz CT molecular complexity index is 363. The zero-order valence-corrected chi connectivity index (χ0v) is 9.86. The molecule has 88 valence electrons. The van der Waals surface area contributed by atoms with Crippen LogP contribution in [0.25, 0.3) is 0 Å². The van der Waals surface area contributed by atoms with E-state index in [-0.39, 0.29) is 6.42 Å². The molecule has 0 unspecified atom stereocenters. The summed E-state index contributed by atoms with van der Waals surface area (Å²) in [5.74, 6) is -1.11. The van der Waals surface area contributed by atoms with E-state index in [0.29, 0.717) is 0 Å². The number of esters is 2. The van der Waals surface area contributed by atoms with Crippen molar-refractivity contribution >= 4 is 11.9 Å². The number of carbonyl (C=O) groups excluding carboxylic acids is 2. The van der Waals surface area contributed by atoms with E-state index in [9.17, 15) is 9.59 Å². The fourth-order valence-corrected chi connectivity index (χ4v) is 1.32. The number of hydrogen-bond acceptors (Lipinski definition) is 5. The Hall–Kier alpha value is -1.57. The van der Waals surface area contributed by atoms with Crippen LogP contribution in [0.15, 0.2) is 0 Å². The molecule has 2 atom stereocenters. The maximum Gasteiger partial charge on any atom is 0.331 e. The first-order valence-electron chi connectivity index (χ1n) is 5.03. The quantitative estimate of drug-likeness (QED) is 0.659. The first-order chi connectivity index (χ1) is 7.21. The van der Waals surface area contributed by atoms with Crippen LogP contribution in [0.1, 0.15) is 34.1 Å². The molecule has 5 heteroatoms. The Morgan fingerprint density at radius 2 is 2.00 bits per heavy atom. The minimum absolute atomic E-state index is 0.220. The number of rotatable bonds is 2. The minimum Gasteiger partial charge on any atom is -0.460 e. The van der Waals surface area contributed by atoms with E-state index in [1.807, 2.05) is 6.07 Å². The molecule has 0 heterocycles. The van der Waals surface area contributed by atoms with Gasteiger partial charge in [0, 0.05) is 13.3 Å². The third-order valence-corrected chi connectivity index (χ3v) is 2.17. The largest absolute Gasteiger partial charge is 0.460 e. The first kappa shape index (κ1) is 12.5. The lowest BCUT2D eigenvalue weighted by molar-refractivity contribution is -0.161. The van der Waals surface area contributed by atoms with E-state index < -0.39 is 29.1 Å². The van der Waals surface area contributed by atoms with Gasteiger partial charge in [0.25, 0.3) is 0 Å². The zero-order valence-electron chi connectivity index (χ0n) is 9.86. The third kappa shape index (κ3) is 2.51. The average Bonchev–Trinajstić information content (AvgIpc) is 2.75. The summed E-state index contributed by atoms with van der Waals surface area (Å²) >= 11 is 0. The fourth-order valence-electron chi connectivity index (χ4n) is 1.32. The highest BCUT2D eigenvalue weighted by Crippen LogP contribution is 2.49. The number of nitriles is 1. The van der Waals surface area contributed by atoms with Crippen molar-refractivity contribution in [2.75, 3.05) is 0 Å². The highest BCUT2D eigenvalue weighted by molar-refractivity contribution is 5.86. The number of ether oxygens (including phenoxy) is 2. The highest BCUT2D eigenvalue weighted by atomic mass is 16.6. The Kier molecular flexibility index (Phi) is 2.95. The minimum atomic E-state index is -1.29. The van der Waals surface area contributed by atoms with Crippen molar-refractivity contribution in [1.82, 2.24) is 0 Å². The van der Waals surface area contributed by atoms with Crippen LogP contribution < -0.4 is 0 Å². The average molecular weight is 225 g/mol. The molecule has 0 saturated heterocycles. The van der Waals surface area contributed by atoms with Crippen molar-refractivity contribution in [3.63, 3.8) is 0 Å². The van der Waals surface area contributed by atoms with E-state index in [4.69, 9.17) is 14.7 Å². The van der Waals surface area contributed by atoms with Crippen LogP contribution in [0.3, 0.4) is 0 Å². The zero-order chi connectivity index (χ0) is 12.6. The van der Waals surface area contributed by atoms with Crippen LogP contribution in [-0.4, -0.2) is 23.6 Å². The van der Waals surface area contributed by atoms with Crippen LogP contribution in [0.5, 0.6) is 0 Å². The van der Waals surface area contributed by atoms with E-state index in [1.165, 1.54) is 6.92 Å². The molecule has 16 heavy (non-hydrogen) atoms. The van der Waals surface area contributed by atoms with Gasteiger partial charge in [-0.25, -0.2) is 0 Å². The predicted molar refractivity (Wildman–Crippen MR) is 54.1 cm³/mol. The smallest absolute Gasteiger partial charge is 0.331 e. The van der Waals surface area contributed by atoms with Crippen LogP contribution in [0, 0.1) is 16.7 Å². The van der Waals surface area contributed by atoms with Gasteiger partial charge in [0.2, 0.25) is 0 Å². The second kappa shape index (κ2) is 3.78. The summed E-state index contributed by atoms with van der Waals surface area (Å²) < 4.78 is 9.96. The van der Waals surface area contributed by atoms with E-state index in [2.05, 4.69) is 0 Å². The molecule has 0 aliphatic heterocycles. The van der Waals surface area contributed by atoms with Crippen LogP contribution in [-0.2, 0) is 19.1 Å². The second-order valence-electron chi connectivity index (χ2n) is 4.89. The van der Waals surface area contributed by atoms with E-state index in [0.717, 1.165) is 0 Å². The molecular formula is C11H15NO4. The van der Waals surface area contributed by atoms with Crippen LogP contribution >= 0.6 is 0 Å². The van der Waals surface area contributed by atoms with Gasteiger partial charge in [0.05, 0.1) is 6.07 Å². The summed E-state index contributed by atoms with van der Waals surface area (Å²) in [5.41, 5.74) is -1.94. The van der Waals surface area contributed by atoms with Crippen molar-refractivity contribution in [2.24, 2.45) is 5.41 Å². The maximum atomic E-state index is 11.7. The van der Waals surface area contributed by atoms with E-state index >= 15 is 0 Å². The number of hydrogen-bond donors (Lipinski definition) is 0. The first-order valence-corrected chi connectivity index (χ1v) is 5.03. The molecule has 1 fully saturated rings. The molecule has 0 aromatic rings. The van der Waals surface area contributed by atoms with Crippen molar-refractivity contribution in [2.45, 2.75) is 45.8 Å². The molecule has 0 spiro atoms. The van der Waals surface area contributed by atoms with Gasteiger partial charge in [0.15, 0.2) is 5.41 Å². The molecule has 1 saturated carbocycles. The molecule has 0 amide bonds. The Morgan fingerprint density at radius 1 is 1.44 bits per heavy atom. The topological polar surface area (TPSA) is 76.4 Å². The van der Waals surface area contributed by atoms with Crippen molar-refractivity contribution < 1.29 is 19.1 Å². The fraction of sp³-hybridized carbons (Fsp3) is 0.727. The lowest BCUT2D eigenvalue weighted by Crippen LogP contribution is -2.31. The number of nitrogens with zero attached hydrogens (tertiary/aromatic N) is 1. The van der Waals surface area contributed by atoms with Gasteiger partial charge in [-0.2, -0.15) is 5.26 Å². The molecule has 1 aliphatic carbocycles. The Labute approximate surface area is 94.3 Å². The monoisotopic (exact) mass is 225 g/mol. The van der Waals surface area contributed by atoms with Gasteiger partial charge in [-0.15, -0.1) is 0 Å². The lowest BCUT2D eigenvalue weighted by atomic mass is 10.1. The molecule has 0 bridgehead atoms. The van der Waals surface area contributed by atoms with Crippen molar-refractivity contribution in [3.05, 3.63) is 0 Å². The Morgan fingerprint density at radius 3 is 2.38 bits per heavy atom. The molecule has 0 N–H and O–H groups in total. The van der Waals surface area contributed by atoms with Gasteiger partial charge in [-0.1, -0.05) is 0 Å². The molecule has 0 radical (unpaired) electrons. The van der Waals surface area contributed by atoms with E-state index in [1.54, 1.807) is 20.8 Å². The lowest BCUT2D eigenvalue weighted by Gasteiger charge is -2.21. The molecule has 0 aromatic carbocycles. The van der Waals surface area contributed by atoms with Crippen molar-refractivity contribution in [3.8, 4) is 6.07 Å². The van der Waals surface area contributed by atoms with Gasteiger partial charge in [-0.05, 0) is 20.8 Å². The van der Waals surface area contributed by atoms with Crippen LogP contribution in [0.4, 0.5) is 0 Å². The maximum absolute atomic E-state index is 11.7. The molecule has 1 aliphatic rings. The highest BCUT2D eigenvalue weighted by Gasteiger charge is 2.66. The van der Waals surface area contributed by atoms with Crippen molar-refractivity contribution in [1.29, 1.82) is 5.26 Å². The summed E-state index contributed by atoms with van der Waals surface area (Å²) in [5, 5.41) is 8.96. The standard InChI is InChI=1S/C11H15NO4/c1-7(13)15-8-5-11(8,6-12)9(14)16-10(2,3)4/h8H,5H2,1-4H3/t8-,11-/m0/s1. The summed E-state index contributed by atoms with van der Waals surface area (Å²) in [6.45, 7) is 6.41. The third-order valence-electron chi connectivity index (χ3n) is 2.17. The molecular weight excluding hydrogens is 210 g/mol. The molecule has 0 aromatic heterocycles. The second-order valence-corrected chi connectivity index (χ2v) is 4.89.